The largest absolute Gasteiger partial charge is 0.395 e. The van der Waals surface area contributed by atoms with Gasteiger partial charge in [-0.05, 0) is 31.6 Å². The molecule has 2 rings (SSSR count). The summed E-state index contributed by atoms with van der Waals surface area (Å²) in [5.41, 5.74) is 5.71. The first-order chi connectivity index (χ1) is 6.79. The third-order valence-electron chi connectivity index (χ3n) is 3.57. The van der Waals surface area contributed by atoms with Gasteiger partial charge < -0.3 is 15.6 Å². The summed E-state index contributed by atoms with van der Waals surface area (Å²) >= 11 is 0. The fourth-order valence-corrected chi connectivity index (χ4v) is 2.83. The zero-order chi connectivity index (χ0) is 9.97. The van der Waals surface area contributed by atoms with E-state index in [0.29, 0.717) is 12.2 Å². The first-order valence-corrected chi connectivity index (χ1v) is 5.81. The summed E-state index contributed by atoms with van der Waals surface area (Å²) < 4.78 is 5.95. The molecule has 1 saturated carbocycles. The second-order valence-corrected chi connectivity index (χ2v) is 4.76. The number of rotatable bonds is 3. The summed E-state index contributed by atoms with van der Waals surface area (Å²) in [4.78, 5) is 0. The molecule has 1 aliphatic carbocycles. The van der Waals surface area contributed by atoms with Gasteiger partial charge >= 0.3 is 0 Å². The lowest BCUT2D eigenvalue weighted by Crippen LogP contribution is -2.29. The summed E-state index contributed by atoms with van der Waals surface area (Å²) in [6.07, 6.45) is 8.04. The topological polar surface area (TPSA) is 55.5 Å². The number of nitrogens with two attached hydrogens (primary N) is 1. The molecule has 2 aliphatic rings. The van der Waals surface area contributed by atoms with Crippen LogP contribution in [0, 0.1) is 5.92 Å². The Bertz CT molecular complexity index is 172. The molecule has 0 aromatic carbocycles. The normalized spacial score (nSPS) is 39.4. The van der Waals surface area contributed by atoms with E-state index in [0.717, 1.165) is 12.3 Å². The molecule has 82 valence electrons. The second-order valence-electron chi connectivity index (χ2n) is 4.76. The van der Waals surface area contributed by atoms with Gasteiger partial charge in [-0.3, -0.25) is 0 Å². The maximum Gasteiger partial charge on any atom is 0.0608 e. The predicted octanol–water partition coefficient (Wildman–Crippen LogP) is 1.04. The van der Waals surface area contributed by atoms with Gasteiger partial charge in [0.15, 0.2) is 0 Å². The monoisotopic (exact) mass is 199 g/mol. The number of fused-ring (bicyclic) bond motifs is 1. The van der Waals surface area contributed by atoms with Crippen LogP contribution in [-0.4, -0.2) is 30.0 Å². The van der Waals surface area contributed by atoms with Crippen LogP contribution < -0.4 is 5.73 Å². The minimum absolute atomic E-state index is 0.0786. The van der Waals surface area contributed by atoms with Crippen LogP contribution in [0.3, 0.4) is 0 Å². The van der Waals surface area contributed by atoms with Crippen molar-refractivity contribution in [3.8, 4) is 0 Å². The van der Waals surface area contributed by atoms with Crippen molar-refractivity contribution in [2.75, 3.05) is 6.61 Å². The van der Waals surface area contributed by atoms with Crippen LogP contribution in [-0.2, 0) is 4.74 Å². The number of ether oxygens (including phenoxy) is 1. The van der Waals surface area contributed by atoms with Crippen LogP contribution in [0.25, 0.3) is 0 Å². The summed E-state index contributed by atoms with van der Waals surface area (Å²) in [6, 6.07) is -0.0971. The van der Waals surface area contributed by atoms with E-state index in [1.54, 1.807) is 0 Å². The molecule has 0 spiro atoms. The summed E-state index contributed by atoms with van der Waals surface area (Å²) in [7, 11) is 0. The van der Waals surface area contributed by atoms with E-state index < -0.39 is 0 Å². The Balaban J connectivity index is 1.80. The lowest BCUT2D eigenvalue weighted by atomic mass is 9.85. The van der Waals surface area contributed by atoms with Gasteiger partial charge in [0.05, 0.1) is 18.8 Å². The van der Waals surface area contributed by atoms with Gasteiger partial charge in [-0.15, -0.1) is 0 Å². The zero-order valence-electron chi connectivity index (χ0n) is 8.69. The van der Waals surface area contributed by atoms with E-state index in [1.165, 1.54) is 32.1 Å². The lowest BCUT2D eigenvalue weighted by molar-refractivity contribution is 0.0107. The molecule has 14 heavy (non-hydrogen) atoms. The molecule has 1 saturated heterocycles. The maximum atomic E-state index is 8.87. The third kappa shape index (κ3) is 2.27. The van der Waals surface area contributed by atoms with Gasteiger partial charge in [0, 0.05) is 6.04 Å². The van der Waals surface area contributed by atoms with Crippen LogP contribution in [0.4, 0.5) is 0 Å². The van der Waals surface area contributed by atoms with E-state index in [1.807, 2.05) is 0 Å². The van der Waals surface area contributed by atoms with Crippen LogP contribution in [0.5, 0.6) is 0 Å². The van der Waals surface area contributed by atoms with Crippen molar-refractivity contribution < 1.29 is 9.84 Å². The van der Waals surface area contributed by atoms with E-state index >= 15 is 0 Å². The van der Waals surface area contributed by atoms with E-state index in [2.05, 4.69) is 0 Å². The molecular weight excluding hydrogens is 178 g/mol. The molecule has 2 fully saturated rings. The summed E-state index contributed by atoms with van der Waals surface area (Å²) in [6.45, 7) is 0.0786. The molecule has 0 aromatic heterocycles. The smallest absolute Gasteiger partial charge is 0.0608 e. The zero-order valence-corrected chi connectivity index (χ0v) is 8.69. The first-order valence-electron chi connectivity index (χ1n) is 5.81. The average Bonchev–Trinajstić information content (AvgIpc) is 2.59. The Labute approximate surface area is 85.6 Å². The van der Waals surface area contributed by atoms with Gasteiger partial charge in [0.25, 0.3) is 0 Å². The molecule has 0 bridgehead atoms. The van der Waals surface area contributed by atoms with Crippen LogP contribution >= 0.6 is 0 Å². The van der Waals surface area contributed by atoms with Gasteiger partial charge in [0.2, 0.25) is 0 Å². The van der Waals surface area contributed by atoms with E-state index in [9.17, 15) is 0 Å². The Morgan fingerprint density at radius 2 is 2.14 bits per heavy atom. The van der Waals surface area contributed by atoms with E-state index in [-0.39, 0.29) is 12.6 Å². The molecule has 1 aliphatic heterocycles. The third-order valence-corrected chi connectivity index (χ3v) is 3.57. The predicted molar refractivity (Wildman–Crippen MR) is 54.9 cm³/mol. The van der Waals surface area contributed by atoms with Crippen molar-refractivity contribution in [2.45, 2.75) is 56.8 Å². The molecule has 1 heterocycles. The van der Waals surface area contributed by atoms with Crippen molar-refractivity contribution in [1.82, 2.24) is 0 Å². The fraction of sp³-hybridized carbons (Fsp3) is 1.00. The highest BCUT2D eigenvalue weighted by molar-refractivity contribution is 4.86. The van der Waals surface area contributed by atoms with Gasteiger partial charge in [0.1, 0.15) is 0 Å². The van der Waals surface area contributed by atoms with Crippen LogP contribution in [0.15, 0.2) is 0 Å². The van der Waals surface area contributed by atoms with Crippen molar-refractivity contribution in [3.63, 3.8) is 0 Å². The summed E-state index contributed by atoms with van der Waals surface area (Å²) in [5, 5.41) is 8.87. The Morgan fingerprint density at radius 1 is 1.36 bits per heavy atom. The average molecular weight is 199 g/mol. The number of hydrogen-bond donors (Lipinski definition) is 2. The second kappa shape index (κ2) is 4.60. The number of aliphatic hydroxyl groups is 1. The first kappa shape index (κ1) is 10.4. The van der Waals surface area contributed by atoms with Gasteiger partial charge in [-0.2, -0.15) is 0 Å². The lowest BCUT2D eigenvalue weighted by Gasteiger charge is -2.23. The number of aliphatic hydroxyl groups excluding tert-OH is 1. The molecule has 3 nitrogen and oxygen atoms in total. The van der Waals surface area contributed by atoms with Crippen molar-refractivity contribution in [1.29, 1.82) is 0 Å². The molecule has 4 atom stereocenters. The highest BCUT2D eigenvalue weighted by Gasteiger charge is 2.36. The molecular formula is C11H21NO2. The molecule has 0 amide bonds. The quantitative estimate of drug-likeness (QED) is 0.714. The summed E-state index contributed by atoms with van der Waals surface area (Å²) in [5.74, 6) is 0.777. The minimum Gasteiger partial charge on any atom is -0.395 e. The highest BCUT2D eigenvalue weighted by Crippen LogP contribution is 2.38. The SMILES string of the molecule is NC(CO)CC1CC2CCCCC2O1. The molecule has 3 N–H and O–H groups in total. The van der Waals surface area contributed by atoms with Crippen molar-refractivity contribution >= 4 is 0 Å². The minimum atomic E-state index is -0.0971. The Morgan fingerprint density at radius 3 is 2.86 bits per heavy atom. The Hall–Kier alpha value is -0.120. The molecule has 0 aromatic rings. The van der Waals surface area contributed by atoms with E-state index in [4.69, 9.17) is 15.6 Å². The van der Waals surface area contributed by atoms with Crippen molar-refractivity contribution in [2.24, 2.45) is 11.7 Å². The number of hydrogen-bond acceptors (Lipinski definition) is 3. The van der Waals surface area contributed by atoms with Crippen molar-refractivity contribution in [3.05, 3.63) is 0 Å². The van der Waals surface area contributed by atoms with Gasteiger partial charge in [-0.25, -0.2) is 0 Å². The fourth-order valence-electron chi connectivity index (χ4n) is 2.83. The Kier molecular flexibility index (Phi) is 3.42. The van der Waals surface area contributed by atoms with Crippen LogP contribution in [0.1, 0.15) is 38.5 Å². The molecule has 0 radical (unpaired) electrons. The van der Waals surface area contributed by atoms with Crippen LogP contribution in [0.2, 0.25) is 0 Å². The standard InChI is InChI=1S/C11H21NO2/c12-9(7-13)6-10-5-8-3-1-2-4-11(8)14-10/h8-11,13H,1-7,12H2. The van der Waals surface area contributed by atoms with Gasteiger partial charge in [-0.1, -0.05) is 12.8 Å². The maximum absolute atomic E-state index is 8.87. The molecule has 4 unspecified atom stereocenters. The highest BCUT2D eigenvalue weighted by atomic mass is 16.5. The molecule has 3 heteroatoms.